The second kappa shape index (κ2) is 8.91. The van der Waals surface area contributed by atoms with E-state index in [9.17, 15) is 14.7 Å². The Bertz CT molecular complexity index is 964. The highest BCUT2D eigenvalue weighted by atomic mass is 35.5. The largest absolute Gasteiger partial charge is 0.507 e. The first kappa shape index (κ1) is 20.1. The Balaban J connectivity index is 2.28. The molecule has 2 amide bonds. The number of fused-ring (bicyclic) bond motifs is 1. The third kappa shape index (κ3) is 4.89. The van der Waals surface area contributed by atoms with Crippen molar-refractivity contribution in [2.45, 2.75) is 6.92 Å². The normalized spacial score (nSPS) is 12.2. The van der Waals surface area contributed by atoms with Crippen molar-refractivity contribution in [3.63, 3.8) is 0 Å². The minimum Gasteiger partial charge on any atom is -0.507 e. The highest BCUT2D eigenvalue weighted by Gasteiger charge is 2.13. The highest BCUT2D eigenvalue weighted by molar-refractivity contribution is 6.32. The maximum atomic E-state index is 12.5. The summed E-state index contributed by atoms with van der Waals surface area (Å²) in [4.78, 5) is 23.3. The Hall–Kier alpha value is -3.25. The number of aromatic hydroxyl groups is 1. The summed E-state index contributed by atoms with van der Waals surface area (Å²) < 4.78 is 0. The first-order valence-corrected chi connectivity index (χ1v) is 8.43. The van der Waals surface area contributed by atoms with Crippen LogP contribution in [0.1, 0.15) is 17.3 Å². The Morgan fingerprint density at radius 1 is 1.22 bits per heavy atom. The third-order valence-electron chi connectivity index (χ3n) is 3.81. The van der Waals surface area contributed by atoms with Crippen molar-refractivity contribution in [2.75, 3.05) is 7.05 Å². The van der Waals surface area contributed by atoms with E-state index >= 15 is 0 Å². The second-order valence-corrected chi connectivity index (χ2v) is 6.12. The molecule has 0 aliphatic heterocycles. The summed E-state index contributed by atoms with van der Waals surface area (Å²) in [7, 11) is 1.64. The summed E-state index contributed by atoms with van der Waals surface area (Å²) in [5.41, 5.74) is 1.27. The molecular formula is C20H20ClN3O3. The minimum absolute atomic E-state index is 0.118. The van der Waals surface area contributed by atoms with E-state index in [4.69, 9.17) is 11.6 Å². The van der Waals surface area contributed by atoms with Gasteiger partial charge in [0, 0.05) is 12.7 Å². The topological polar surface area (TPSA) is 90.5 Å². The molecule has 0 heterocycles. The molecule has 0 spiro atoms. The minimum atomic E-state index is -0.478. The Morgan fingerprint density at radius 3 is 2.44 bits per heavy atom. The highest BCUT2D eigenvalue weighted by Crippen LogP contribution is 2.25. The summed E-state index contributed by atoms with van der Waals surface area (Å²) in [5, 5.41) is 19.9. The molecular weight excluding hydrogens is 366 g/mol. The van der Waals surface area contributed by atoms with Gasteiger partial charge in [-0.3, -0.25) is 9.59 Å². The lowest BCUT2D eigenvalue weighted by atomic mass is 10.1. The van der Waals surface area contributed by atoms with Crippen molar-refractivity contribution >= 4 is 34.7 Å². The average molecular weight is 386 g/mol. The van der Waals surface area contributed by atoms with Crippen molar-refractivity contribution in [1.29, 1.82) is 0 Å². The van der Waals surface area contributed by atoms with Gasteiger partial charge in [0.25, 0.3) is 5.91 Å². The number of hydrogen-bond acceptors (Lipinski definition) is 4. The van der Waals surface area contributed by atoms with Crippen molar-refractivity contribution in [1.82, 2.24) is 16.0 Å². The van der Waals surface area contributed by atoms with Gasteiger partial charge in [-0.15, -0.1) is 0 Å². The summed E-state index contributed by atoms with van der Waals surface area (Å²) in [6.07, 6.45) is 1.96. The van der Waals surface area contributed by atoms with E-state index in [0.717, 1.165) is 10.8 Å². The quantitative estimate of drug-likeness (QED) is 0.435. The second-order valence-electron chi connectivity index (χ2n) is 5.71. The number of amides is 2. The van der Waals surface area contributed by atoms with E-state index in [1.54, 1.807) is 26.1 Å². The Morgan fingerprint density at radius 2 is 1.85 bits per heavy atom. The standard InChI is InChI=1S/C20H20ClN3O3/c1-12(8-17(21)19(23-11-25)13(2)22-3)24-20(27)16-9-14-6-4-5-7-15(14)10-18(16)26/h4-11,22,26H,2H2,1,3H3,(H,23,25)(H,24,27)/b12-8+,19-17-. The number of carbonyl (C=O) groups excluding carboxylic acids is 2. The average Bonchev–Trinajstić information content (AvgIpc) is 2.64. The van der Waals surface area contributed by atoms with Crippen LogP contribution in [0.5, 0.6) is 5.75 Å². The van der Waals surface area contributed by atoms with Crippen LogP contribution in [0.4, 0.5) is 0 Å². The molecule has 4 N–H and O–H groups in total. The Kier molecular flexibility index (Phi) is 6.62. The van der Waals surface area contributed by atoms with Crippen molar-refractivity contribution in [3.05, 3.63) is 76.7 Å². The van der Waals surface area contributed by atoms with Crippen LogP contribution in [0.25, 0.3) is 10.8 Å². The van der Waals surface area contributed by atoms with Crippen molar-refractivity contribution in [2.24, 2.45) is 0 Å². The summed E-state index contributed by atoms with van der Waals surface area (Å²) in [6, 6.07) is 10.6. The zero-order valence-corrected chi connectivity index (χ0v) is 15.7. The number of phenolic OH excluding ortho intramolecular Hbond substituents is 1. The molecule has 27 heavy (non-hydrogen) atoms. The molecule has 0 aliphatic carbocycles. The number of likely N-dealkylation sites (N-methyl/N-ethyl adjacent to an activating group) is 1. The molecule has 140 valence electrons. The van der Waals surface area contributed by atoms with E-state index in [1.807, 2.05) is 24.3 Å². The molecule has 7 heteroatoms. The number of hydrogen-bond donors (Lipinski definition) is 4. The molecule has 0 fully saturated rings. The van der Waals surface area contributed by atoms with Crippen LogP contribution in [-0.4, -0.2) is 24.5 Å². The molecule has 0 aliphatic rings. The zero-order chi connectivity index (χ0) is 20.0. The maximum Gasteiger partial charge on any atom is 0.259 e. The number of nitrogens with one attached hydrogen (secondary N) is 3. The van der Waals surface area contributed by atoms with Gasteiger partial charge in [-0.1, -0.05) is 42.4 Å². The van der Waals surface area contributed by atoms with Crippen LogP contribution < -0.4 is 16.0 Å². The summed E-state index contributed by atoms with van der Waals surface area (Å²) in [6.45, 7) is 5.38. The molecule has 0 aromatic heterocycles. The predicted octanol–water partition coefficient (Wildman–Crippen LogP) is 3.11. The van der Waals surface area contributed by atoms with Gasteiger partial charge in [-0.2, -0.15) is 0 Å². The lowest BCUT2D eigenvalue weighted by molar-refractivity contribution is -0.108. The molecule has 0 atom stereocenters. The van der Waals surface area contributed by atoms with Crippen molar-refractivity contribution in [3.8, 4) is 5.75 Å². The van der Waals surface area contributed by atoms with E-state index in [1.165, 1.54) is 6.08 Å². The molecule has 2 rings (SSSR count). The van der Waals surface area contributed by atoms with Gasteiger partial charge in [0.05, 0.1) is 22.0 Å². The van der Waals surface area contributed by atoms with Crippen LogP contribution in [0.15, 0.2) is 71.2 Å². The van der Waals surface area contributed by atoms with Crippen LogP contribution in [0, 0.1) is 0 Å². The SMILES string of the molecule is C=C(NC)/C(NC=O)=C(Cl)\C=C(/C)NC(=O)c1cc2ccccc2cc1O. The number of halogens is 1. The van der Waals surface area contributed by atoms with Crippen LogP contribution in [-0.2, 0) is 4.79 Å². The number of rotatable bonds is 7. The maximum absolute atomic E-state index is 12.5. The Labute approximate surface area is 162 Å². The molecule has 6 nitrogen and oxygen atoms in total. The van der Waals surface area contributed by atoms with Gasteiger partial charge in [0.15, 0.2) is 0 Å². The van der Waals surface area contributed by atoms with Crippen molar-refractivity contribution < 1.29 is 14.7 Å². The fourth-order valence-corrected chi connectivity index (χ4v) is 2.77. The molecule has 2 aromatic carbocycles. The lowest BCUT2D eigenvalue weighted by Gasteiger charge is -2.12. The summed E-state index contributed by atoms with van der Waals surface area (Å²) >= 11 is 6.21. The van der Waals surface area contributed by atoms with Gasteiger partial charge in [-0.25, -0.2) is 0 Å². The predicted molar refractivity (Wildman–Crippen MR) is 107 cm³/mol. The molecule has 2 aromatic rings. The molecule has 0 saturated heterocycles. The smallest absolute Gasteiger partial charge is 0.259 e. The first-order valence-electron chi connectivity index (χ1n) is 8.05. The number of phenols is 1. The van der Waals surface area contributed by atoms with E-state index in [2.05, 4.69) is 22.5 Å². The fourth-order valence-electron chi connectivity index (χ4n) is 2.44. The van der Waals surface area contributed by atoms with Gasteiger partial charge in [0.2, 0.25) is 6.41 Å². The number of allylic oxidation sites excluding steroid dienone is 3. The number of carbonyl (C=O) groups is 2. The first-order chi connectivity index (χ1) is 12.9. The monoisotopic (exact) mass is 385 g/mol. The number of benzene rings is 2. The van der Waals surface area contributed by atoms with Crippen LogP contribution in [0.3, 0.4) is 0 Å². The van der Waals surface area contributed by atoms with Gasteiger partial charge in [0.1, 0.15) is 5.75 Å². The van der Waals surface area contributed by atoms with Crippen LogP contribution >= 0.6 is 11.6 Å². The van der Waals surface area contributed by atoms with Gasteiger partial charge < -0.3 is 21.1 Å². The molecule has 0 radical (unpaired) electrons. The van der Waals surface area contributed by atoms with Gasteiger partial charge >= 0.3 is 0 Å². The van der Waals surface area contributed by atoms with Crippen LogP contribution in [0.2, 0.25) is 0 Å². The van der Waals surface area contributed by atoms with E-state index in [0.29, 0.717) is 17.8 Å². The van der Waals surface area contributed by atoms with Gasteiger partial charge in [-0.05, 0) is 35.9 Å². The third-order valence-corrected chi connectivity index (χ3v) is 4.11. The lowest BCUT2D eigenvalue weighted by Crippen LogP contribution is -2.22. The molecule has 0 bridgehead atoms. The van der Waals surface area contributed by atoms with E-state index in [-0.39, 0.29) is 22.0 Å². The summed E-state index contributed by atoms with van der Waals surface area (Å²) in [5.74, 6) is -0.596. The zero-order valence-electron chi connectivity index (χ0n) is 15.0. The van der Waals surface area contributed by atoms with E-state index < -0.39 is 5.91 Å². The molecule has 0 unspecified atom stereocenters. The fraction of sp³-hybridized carbons (Fsp3) is 0.100. The molecule has 0 saturated carbocycles.